The molecule has 2 N–H and O–H groups in total. The summed E-state index contributed by atoms with van der Waals surface area (Å²) in [4.78, 5) is 14.5. The summed E-state index contributed by atoms with van der Waals surface area (Å²) in [7, 11) is -3.61. The van der Waals surface area contributed by atoms with E-state index in [1.54, 1.807) is 24.4 Å². The van der Waals surface area contributed by atoms with Crippen molar-refractivity contribution in [3.05, 3.63) is 71.6 Å². The van der Waals surface area contributed by atoms with Gasteiger partial charge < -0.3 is 5.32 Å². The number of rotatable bonds is 7. The Labute approximate surface area is 213 Å². The quantitative estimate of drug-likeness (QED) is 0.293. The number of halogens is 1. The molecule has 2 heterocycles. The van der Waals surface area contributed by atoms with Gasteiger partial charge in [0.2, 0.25) is 16.0 Å². The minimum atomic E-state index is -3.61. The molecule has 0 spiro atoms. The number of aromatic nitrogens is 3. The van der Waals surface area contributed by atoms with Gasteiger partial charge in [-0.05, 0) is 43.2 Å². The first kappa shape index (κ1) is 24.3. The van der Waals surface area contributed by atoms with Gasteiger partial charge in [-0.2, -0.15) is 0 Å². The number of nitrogens with zero attached hydrogens (tertiary/aromatic N) is 3. The molecule has 7 nitrogen and oxygen atoms in total. The number of para-hydroxylation sites is 1. The fourth-order valence-electron chi connectivity index (χ4n) is 3.60. The van der Waals surface area contributed by atoms with Crippen molar-refractivity contribution in [3.8, 4) is 21.8 Å². The Morgan fingerprint density at radius 3 is 2.44 bits per heavy atom. The Bertz CT molecular complexity index is 1510. The van der Waals surface area contributed by atoms with Crippen LogP contribution in [0.2, 0.25) is 0 Å². The maximum absolute atomic E-state index is 15.7. The summed E-state index contributed by atoms with van der Waals surface area (Å²) in [5.74, 6) is -0.257. The molecule has 1 aliphatic rings. The van der Waals surface area contributed by atoms with Crippen molar-refractivity contribution in [1.82, 2.24) is 15.0 Å². The molecule has 2 aromatic carbocycles. The van der Waals surface area contributed by atoms with Crippen molar-refractivity contribution in [2.45, 2.75) is 44.3 Å². The zero-order valence-electron chi connectivity index (χ0n) is 20.1. The fourth-order valence-corrected chi connectivity index (χ4v) is 6.10. The molecule has 0 amide bonds. The number of thiazole rings is 1. The van der Waals surface area contributed by atoms with E-state index in [2.05, 4.69) is 20.0 Å². The second kappa shape index (κ2) is 9.25. The Hall–Kier alpha value is -3.37. The van der Waals surface area contributed by atoms with Crippen LogP contribution in [0.3, 0.4) is 0 Å². The lowest BCUT2D eigenvalue weighted by molar-refractivity contribution is 0.585. The van der Waals surface area contributed by atoms with Crippen LogP contribution in [-0.2, 0) is 15.4 Å². The Balaban J connectivity index is 1.58. The van der Waals surface area contributed by atoms with E-state index in [1.807, 2.05) is 51.1 Å². The van der Waals surface area contributed by atoms with Crippen molar-refractivity contribution >= 4 is 38.7 Å². The molecular weight excluding hydrogens is 497 g/mol. The molecule has 1 saturated carbocycles. The van der Waals surface area contributed by atoms with Crippen LogP contribution in [0.25, 0.3) is 21.8 Å². The van der Waals surface area contributed by atoms with E-state index in [0.717, 1.165) is 10.7 Å². The monoisotopic (exact) mass is 523 g/mol. The number of nitrogens with one attached hydrogen (secondary N) is 2. The van der Waals surface area contributed by atoms with Crippen LogP contribution in [-0.4, -0.2) is 28.6 Å². The third-order valence-corrected chi connectivity index (χ3v) is 9.01. The van der Waals surface area contributed by atoms with Crippen LogP contribution in [0, 0.1) is 5.82 Å². The van der Waals surface area contributed by atoms with Gasteiger partial charge in [0.05, 0.1) is 32.2 Å². The third kappa shape index (κ3) is 5.10. The van der Waals surface area contributed by atoms with Gasteiger partial charge in [-0.15, -0.1) is 11.3 Å². The highest BCUT2D eigenvalue weighted by Crippen LogP contribution is 2.42. The second-order valence-corrected chi connectivity index (χ2v) is 12.7. The average molecular weight is 524 g/mol. The Morgan fingerprint density at radius 1 is 1.00 bits per heavy atom. The minimum absolute atomic E-state index is 0.0789. The van der Waals surface area contributed by atoms with Crippen LogP contribution in [0.15, 0.2) is 60.8 Å². The van der Waals surface area contributed by atoms with Gasteiger partial charge in [-0.3, -0.25) is 4.72 Å². The van der Waals surface area contributed by atoms with E-state index < -0.39 is 21.1 Å². The van der Waals surface area contributed by atoms with Crippen molar-refractivity contribution in [2.75, 3.05) is 10.0 Å². The average Bonchev–Trinajstić information content (AvgIpc) is 3.60. The summed E-state index contributed by atoms with van der Waals surface area (Å²) in [5, 5.41) is 3.54. The molecule has 0 unspecified atom stereocenters. The summed E-state index contributed by atoms with van der Waals surface area (Å²) in [6.07, 6.45) is 2.83. The van der Waals surface area contributed by atoms with Gasteiger partial charge in [0.1, 0.15) is 0 Å². The van der Waals surface area contributed by atoms with Crippen molar-refractivity contribution in [2.24, 2.45) is 0 Å². The lowest BCUT2D eigenvalue weighted by atomic mass is 9.98. The van der Waals surface area contributed by atoms with Crippen molar-refractivity contribution in [1.29, 1.82) is 0 Å². The molecule has 36 heavy (non-hydrogen) atoms. The maximum atomic E-state index is 15.7. The molecule has 0 atom stereocenters. The highest BCUT2D eigenvalue weighted by atomic mass is 32.2. The summed E-state index contributed by atoms with van der Waals surface area (Å²) in [6.45, 7) is 6.12. The second-order valence-electron chi connectivity index (χ2n) is 9.72. The van der Waals surface area contributed by atoms with Gasteiger partial charge in [0.25, 0.3) is 0 Å². The smallest absolute Gasteiger partial charge is 0.235 e. The molecule has 0 radical (unpaired) electrons. The molecule has 0 saturated heterocycles. The summed E-state index contributed by atoms with van der Waals surface area (Å²) >= 11 is 1.44. The van der Waals surface area contributed by atoms with Crippen molar-refractivity contribution < 1.29 is 12.8 Å². The normalized spacial score (nSPS) is 14.0. The van der Waals surface area contributed by atoms with E-state index >= 15 is 4.39 Å². The first-order valence-electron chi connectivity index (χ1n) is 11.6. The summed E-state index contributed by atoms with van der Waals surface area (Å²) in [5.41, 5.74) is 1.70. The number of hydrogen-bond donors (Lipinski definition) is 2. The zero-order valence-corrected chi connectivity index (χ0v) is 21.8. The number of benzene rings is 2. The lowest BCUT2D eigenvalue weighted by Gasteiger charge is -2.13. The van der Waals surface area contributed by atoms with Gasteiger partial charge in [0.15, 0.2) is 5.82 Å². The predicted molar refractivity (Wildman–Crippen MR) is 143 cm³/mol. The van der Waals surface area contributed by atoms with Gasteiger partial charge in [-0.25, -0.2) is 27.8 Å². The van der Waals surface area contributed by atoms with Gasteiger partial charge in [-0.1, -0.05) is 45.0 Å². The van der Waals surface area contributed by atoms with Gasteiger partial charge in [0, 0.05) is 22.9 Å². The van der Waals surface area contributed by atoms with Crippen LogP contribution >= 0.6 is 11.3 Å². The summed E-state index contributed by atoms with van der Waals surface area (Å²) in [6, 6.07) is 16.0. The highest BCUT2D eigenvalue weighted by Gasteiger charge is 2.36. The van der Waals surface area contributed by atoms with E-state index in [4.69, 9.17) is 4.98 Å². The molecule has 186 valence electrons. The van der Waals surface area contributed by atoms with Crippen LogP contribution in [0.5, 0.6) is 0 Å². The standard InChI is InChI=1S/C26H26FN5O2S2/c1-26(2,3)24-31-22(18-10-7-11-19(21(18)27)32-36(33,34)17-12-13-17)23(35-24)20-14-15-28-25(30-20)29-16-8-5-4-6-9-16/h4-11,14-15,17,32H,12-13H2,1-3H3,(H,28,29,30). The molecule has 5 rings (SSSR count). The topological polar surface area (TPSA) is 96.9 Å². The number of anilines is 3. The SMILES string of the molecule is CC(C)(C)c1nc(-c2cccc(NS(=O)(=O)C3CC3)c2F)c(-c2ccnc(Nc3ccccc3)n2)s1. The first-order valence-corrected chi connectivity index (χ1v) is 14.0. The molecule has 10 heteroatoms. The van der Waals surface area contributed by atoms with E-state index in [-0.39, 0.29) is 16.7 Å². The van der Waals surface area contributed by atoms with Crippen LogP contribution in [0.4, 0.5) is 21.7 Å². The highest BCUT2D eigenvalue weighted by molar-refractivity contribution is 7.93. The summed E-state index contributed by atoms with van der Waals surface area (Å²) < 4.78 is 43.1. The number of hydrogen-bond acceptors (Lipinski definition) is 7. The first-order chi connectivity index (χ1) is 17.1. The predicted octanol–water partition coefficient (Wildman–Crippen LogP) is 6.35. The van der Waals surface area contributed by atoms with E-state index in [1.165, 1.54) is 17.4 Å². The molecule has 4 aromatic rings. The Morgan fingerprint density at radius 2 is 1.75 bits per heavy atom. The third-order valence-electron chi connectivity index (χ3n) is 5.66. The molecule has 1 fully saturated rings. The van der Waals surface area contributed by atoms with Crippen molar-refractivity contribution in [3.63, 3.8) is 0 Å². The number of sulfonamides is 1. The molecular formula is C26H26FN5O2S2. The molecule has 1 aliphatic carbocycles. The lowest BCUT2D eigenvalue weighted by Crippen LogP contribution is -2.18. The fraction of sp³-hybridized carbons (Fsp3) is 0.269. The molecule has 0 bridgehead atoms. The minimum Gasteiger partial charge on any atom is -0.324 e. The zero-order chi connectivity index (χ0) is 25.5. The largest absolute Gasteiger partial charge is 0.324 e. The van der Waals surface area contributed by atoms with E-state index in [0.29, 0.717) is 35.1 Å². The molecule has 2 aromatic heterocycles. The Kier molecular flexibility index (Phi) is 6.25. The van der Waals surface area contributed by atoms with Crippen LogP contribution in [0.1, 0.15) is 38.6 Å². The van der Waals surface area contributed by atoms with E-state index in [9.17, 15) is 8.42 Å². The van der Waals surface area contributed by atoms with Gasteiger partial charge >= 0.3 is 0 Å². The van der Waals surface area contributed by atoms with Crippen LogP contribution < -0.4 is 10.0 Å². The maximum Gasteiger partial charge on any atom is 0.235 e. The molecule has 0 aliphatic heterocycles.